The van der Waals surface area contributed by atoms with Gasteiger partial charge in [-0.05, 0) is 80.5 Å². The van der Waals surface area contributed by atoms with Gasteiger partial charge in [0, 0.05) is 23.9 Å². The molecule has 0 radical (unpaired) electrons. The second kappa shape index (κ2) is 8.76. The summed E-state index contributed by atoms with van der Waals surface area (Å²) in [6.45, 7) is 4.50. The highest BCUT2D eigenvalue weighted by molar-refractivity contribution is 7.90. The van der Waals surface area contributed by atoms with E-state index in [1.807, 2.05) is 24.3 Å². The van der Waals surface area contributed by atoms with Crippen LogP contribution in [-0.2, 0) is 16.3 Å². The first-order valence-electron chi connectivity index (χ1n) is 9.61. The Hall–Kier alpha value is -1.36. The van der Waals surface area contributed by atoms with E-state index < -0.39 is 9.84 Å². The maximum Gasteiger partial charge on any atom is 0.175 e. The summed E-state index contributed by atoms with van der Waals surface area (Å²) in [5.41, 5.74) is 2.49. The van der Waals surface area contributed by atoms with Crippen LogP contribution in [0.5, 0.6) is 0 Å². The standard InChI is InChI=1S/C22H28ClNO2S/c1-17(20-6-3-7-21(23)15-20)24-14-4-5-19(16-24)9-8-18-10-12-22(13-11-18)27(2,25)26/h3,6-7,10-13,15,17,19H,4-5,8-9,14,16H2,1-2H3. The molecular weight excluding hydrogens is 378 g/mol. The van der Waals surface area contributed by atoms with E-state index in [1.165, 1.54) is 30.2 Å². The lowest BCUT2D eigenvalue weighted by Crippen LogP contribution is -2.37. The summed E-state index contributed by atoms with van der Waals surface area (Å²) in [5.74, 6) is 0.676. The lowest BCUT2D eigenvalue weighted by Gasteiger charge is -2.37. The number of sulfone groups is 1. The summed E-state index contributed by atoms with van der Waals surface area (Å²) < 4.78 is 23.1. The number of piperidine rings is 1. The van der Waals surface area contributed by atoms with Crippen LogP contribution in [0.1, 0.15) is 43.4 Å². The molecule has 0 N–H and O–H groups in total. The molecule has 2 unspecified atom stereocenters. The van der Waals surface area contributed by atoms with Crippen LogP contribution in [0.25, 0.3) is 0 Å². The van der Waals surface area contributed by atoms with Crippen molar-refractivity contribution in [3.63, 3.8) is 0 Å². The summed E-state index contributed by atoms with van der Waals surface area (Å²) in [4.78, 5) is 2.96. The zero-order valence-electron chi connectivity index (χ0n) is 16.1. The highest BCUT2D eigenvalue weighted by Crippen LogP contribution is 2.29. The Morgan fingerprint density at radius 3 is 2.59 bits per heavy atom. The van der Waals surface area contributed by atoms with E-state index >= 15 is 0 Å². The van der Waals surface area contributed by atoms with Gasteiger partial charge in [0.2, 0.25) is 0 Å². The molecule has 146 valence electrons. The molecule has 1 aliphatic heterocycles. The van der Waals surface area contributed by atoms with Crippen molar-refractivity contribution < 1.29 is 8.42 Å². The van der Waals surface area contributed by atoms with Crippen LogP contribution in [0.2, 0.25) is 5.02 Å². The summed E-state index contributed by atoms with van der Waals surface area (Å²) in [5, 5.41) is 0.797. The molecule has 3 nitrogen and oxygen atoms in total. The quantitative estimate of drug-likeness (QED) is 0.666. The van der Waals surface area contributed by atoms with Crippen molar-refractivity contribution in [1.29, 1.82) is 0 Å². The molecular formula is C22H28ClNO2S. The molecule has 5 heteroatoms. The van der Waals surface area contributed by atoms with Gasteiger partial charge in [0.25, 0.3) is 0 Å². The van der Waals surface area contributed by atoms with Crippen LogP contribution in [-0.4, -0.2) is 32.7 Å². The van der Waals surface area contributed by atoms with Gasteiger partial charge in [-0.2, -0.15) is 0 Å². The predicted octanol–water partition coefficient (Wildman–Crippen LogP) is 5.15. The van der Waals surface area contributed by atoms with Crippen LogP contribution in [0.4, 0.5) is 0 Å². The average molecular weight is 406 g/mol. The number of likely N-dealkylation sites (tertiary alicyclic amines) is 1. The predicted molar refractivity (Wildman–Crippen MR) is 112 cm³/mol. The van der Waals surface area contributed by atoms with Crippen LogP contribution in [0, 0.1) is 5.92 Å². The van der Waals surface area contributed by atoms with Gasteiger partial charge in [-0.15, -0.1) is 0 Å². The van der Waals surface area contributed by atoms with Gasteiger partial charge in [0.1, 0.15) is 0 Å². The maximum absolute atomic E-state index is 11.6. The van der Waals surface area contributed by atoms with Crippen LogP contribution < -0.4 is 0 Å². The second-order valence-corrected chi connectivity index (χ2v) is 10.1. The molecule has 3 rings (SSSR count). The van der Waals surface area contributed by atoms with E-state index in [0.29, 0.717) is 16.9 Å². The minimum atomic E-state index is -3.12. The average Bonchev–Trinajstić information content (AvgIpc) is 2.65. The molecule has 0 bridgehead atoms. The lowest BCUT2D eigenvalue weighted by atomic mass is 9.90. The molecule has 2 aromatic carbocycles. The van der Waals surface area contributed by atoms with Crippen LogP contribution in [0.3, 0.4) is 0 Å². The summed E-state index contributed by atoms with van der Waals surface area (Å²) in [7, 11) is -3.12. The SMILES string of the molecule is CC(c1cccc(Cl)c1)N1CCCC(CCc2ccc(S(C)(=O)=O)cc2)C1. The first-order valence-corrected chi connectivity index (χ1v) is 11.9. The molecule has 2 aromatic rings. The van der Waals surface area contributed by atoms with Gasteiger partial charge in [0.05, 0.1) is 4.90 Å². The first-order chi connectivity index (χ1) is 12.8. The highest BCUT2D eigenvalue weighted by Gasteiger charge is 2.24. The molecule has 1 fully saturated rings. The van der Waals surface area contributed by atoms with Crippen LogP contribution >= 0.6 is 11.6 Å². The summed E-state index contributed by atoms with van der Waals surface area (Å²) in [6.07, 6.45) is 5.87. The zero-order chi connectivity index (χ0) is 19.4. The highest BCUT2D eigenvalue weighted by atomic mass is 35.5. The molecule has 27 heavy (non-hydrogen) atoms. The Kier molecular flexibility index (Phi) is 6.61. The third-order valence-corrected chi connectivity index (χ3v) is 6.99. The summed E-state index contributed by atoms with van der Waals surface area (Å²) >= 11 is 6.16. The first kappa shape index (κ1) is 20.4. The molecule has 1 saturated heterocycles. The number of hydrogen-bond donors (Lipinski definition) is 0. The van der Waals surface area contributed by atoms with Gasteiger partial charge in [-0.3, -0.25) is 4.90 Å². The van der Waals surface area contributed by atoms with Gasteiger partial charge < -0.3 is 0 Å². The van der Waals surface area contributed by atoms with Crippen LogP contribution in [0.15, 0.2) is 53.4 Å². The van der Waals surface area contributed by atoms with Gasteiger partial charge in [0.15, 0.2) is 9.84 Å². The van der Waals surface area contributed by atoms with Gasteiger partial charge >= 0.3 is 0 Å². The summed E-state index contributed by atoms with van der Waals surface area (Å²) in [6, 6.07) is 15.9. The van der Waals surface area contributed by atoms with E-state index in [0.717, 1.165) is 31.0 Å². The Bertz CT molecular complexity index is 864. The molecule has 1 heterocycles. The van der Waals surface area contributed by atoms with Gasteiger partial charge in [-0.25, -0.2) is 8.42 Å². The van der Waals surface area contributed by atoms with E-state index in [4.69, 9.17) is 11.6 Å². The normalized spacial score (nSPS) is 19.7. The number of halogens is 1. The molecule has 1 aliphatic rings. The number of aryl methyl sites for hydroxylation is 1. The number of nitrogens with zero attached hydrogens (tertiary/aromatic N) is 1. The van der Waals surface area contributed by atoms with Crippen molar-refractivity contribution in [2.24, 2.45) is 5.92 Å². The van der Waals surface area contributed by atoms with Crippen molar-refractivity contribution in [3.05, 3.63) is 64.7 Å². The maximum atomic E-state index is 11.6. The lowest BCUT2D eigenvalue weighted by molar-refractivity contribution is 0.127. The monoisotopic (exact) mass is 405 g/mol. The smallest absolute Gasteiger partial charge is 0.175 e. The third kappa shape index (κ3) is 5.56. The number of benzene rings is 2. The van der Waals surface area contributed by atoms with Crippen molar-refractivity contribution in [3.8, 4) is 0 Å². The van der Waals surface area contributed by atoms with Crippen molar-refractivity contribution in [1.82, 2.24) is 4.90 Å². The van der Waals surface area contributed by atoms with Crippen molar-refractivity contribution in [2.45, 2.75) is 43.5 Å². The minimum Gasteiger partial charge on any atom is -0.296 e. The van der Waals surface area contributed by atoms with Crippen molar-refractivity contribution in [2.75, 3.05) is 19.3 Å². The Morgan fingerprint density at radius 1 is 1.19 bits per heavy atom. The minimum absolute atomic E-state index is 0.376. The fourth-order valence-corrected chi connectivity index (χ4v) is 4.77. The molecule has 0 aliphatic carbocycles. The van der Waals surface area contributed by atoms with Crippen molar-refractivity contribution >= 4 is 21.4 Å². The van der Waals surface area contributed by atoms with E-state index in [2.05, 4.69) is 24.0 Å². The van der Waals surface area contributed by atoms with E-state index in [-0.39, 0.29) is 0 Å². The number of hydrogen-bond acceptors (Lipinski definition) is 3. The van der Waals surface area contributed by atoms with E-state index in [9.17, 15) is 8.42 Å². The third-order valence-electron chi connectivity index (χ3n) is 5.62. The Balaban J connectivity index is 1.57. The molecule has 0 aromatic heterocycles. The molecule has 2 atom stereocenters. The van der Waals surface area contributed by atoms with Gasteiger partial charge in [-0.1, -0.05) is 35.9 Å². The number of rotatable bonds is 6. The Labute approximate surface area is 168 Å². The molecule has 0 amide bonds. The Morgan fingerprint density at radius 2 is 1.93 bits per heavy atom. The van der Waals surface area contributed by atoms with E-state index in [1.54, 1.807) is 12.1 Å². The molecule has 0 saturated carbocycles. The largest absolute Gasteiger partial charge is 0.296 e. The fraction of sp³-hybridized carbons (Fsp3) is 0.455. The topological polar surface area (TPSA) is 37.4 Å². The second-order valence-electron chi connectivity index (χ2n) is 7.69. The zero-order valence-corrected chi connectivity index (χ0v) is 17.6. The molecule has 0 spiro atoms. The fourth-order valence-electron chi connectivity index (χ4n) is 3.94.